The first-order chi connectivity index (χ1) is 8.29. The second-order valence-electron chi connectivity index (χ2n) is 3.71. The van der Waals surface area contributed by atoms with E-state index in [0.29, 0.717) is 17.2 Å². The summed E-state index contributed by atoms with van der Waals surface area (Å²) in [4.78, 5) is -0.380. The minimum Gasteiger partial charge on any atom is -0.384 e. The zero-order chi connectivity index (χ0) is 13.5. The molecule has 0 saturated carbocycles. The minimum absolute atomic E-state index is 0.0660. The second-order valence-corrected chi connectivity index (χ2v) is 5.51. The molecule has 0 saturated heterocycles. The minimum atomic E-state index is -4.38. The van der Waals surface area contributed by atoms with Gasteiger partial charge >= 0.3 is 0 Å². The molecule has 0 aliphatic rings. The summed E-state index contributed by atoms with van der Waals surface area (Å²) >= 11 is 5.71. The Bertz CT molecular complexity index is 709. The highest BCUT2D eigenvalue weighted by Crippen LogP contribution is 2.25. The van der Waals surface area contributed by atoms with Gasteiger partial charge in [-0.2, -0.15) is 13.5 Å². The molecule has 6 nitrogen and oxygen atoms in total. The molecule has 18 heavy (non-hydrogen) atoms. The van der Waals surface area contributed by atoms with Crippen LogP contribution in [0.1, 0.15) is 5.69 Å². The van der Waals surface area contributed by atoms with Gasteiger partial charge < -0.3 is 5.73 Å². The van der Waals surface area contributed by atoms with E-state index in [4.69, 9.17) is 21.9 Å². The fourth-order valence-electron chi connectivity index (χ4n) is 1.55. The summed E-state index contributed by atoms with van der Waals surface area (Å²) in [6.07, 6.45) is 0. The Hall–Kier alpha value is -1.57. The Kier molecular flexibility index (Phi) is 3.05. The van der Waals surface area contributed by atoms with Gasteiger partial charge in [0.05, 0.1) is 16.4 Å². The lowest BCUT2D eigenvalue weighted by molar-refractivity contribution is 0.483. The zero-order valence-electron chi connectivity index (χ0n) is 9.33. The van der Waals surface area contributed by atoms with Crippen LogP contribution in [-0.4, -0.2) is 22.8 Å². The second kappa shape index (κ2) is 4.27. The highest BCUT2D eigenvalue weighted by atomic mass is 35.5. The maximum atomic E-state index is 11.1. The first kappa shape index (κ1) is 12.9. The number of aryl methyl sites for hydroxylation is 1. The van der Waals surface area contributed by atoms with Crippen LogP contribution in [0.5, 0.6) is 0 Å². The lowest BCUT2D eigenvalue weighted by atomic mass is 10.3. The third kappa shape index (κ3) is 2.33. The molecule has 0 fully saturated rings. The van der Waals surface area contributed by atoms with E-state index in [-0.39, 0.29) is 9.92 Å². The predicted octanol–water partition coefficient (Wildman–Crippen LogP) is 1.66. The van der Waals surface area contributed by atoms with E-state index in [2.05, 4.69) is 5.10 Å². The summed E-state index contributed by atoms with van der Waals surface area (Å²) in [7, 11) is -4.38. The summed E-state index contributed by atoms with van der Waals surface area (Å²) in [5, 5.41) is 4.04. The number of anilines is 1. The van der Waals surface area contributed by atoms with Gasteiger partial charge in [0.2, 0.25) is 0 Å². The van der Waals surface area contributed by atoms with Crippen molar-refractivity contribution in [3.63, 3.8) is 0 Å². The van der Waals surface area contributed by atoms with Gasteiger partial charge in [0.1, 0.15) is 10.7 Å². The normalized spacial score (nSPS) is 11.7. The summed E-state index contributed by atoms with van der Waals surface area (Å²) in [6.45, 7) is 1.76. The standard InChI is InChI=1S/C10H10ClN3O3S/c1-6-4-10(12)14(13-6)7-2-3-8(11)9(5-7)18(15,16)17/h2-5H,12H2,1H3,(H,15,16,17). The molecule has 8 heteroatoms. The van der Waals surface area contributed by atoms with Crippen molar-refractivity contribution < 1.29 is 13.0 Å². The van der Waals surface area contributed by atoms with Crippen LogP contribution < -0.4 is 5.73 Å². The molecule has 0 aliphatic heterocycles. The lowest BCUT2D eigenvalue weighted by Crippen LogP contribution is -2.05. The summed E-state index contributed by atoms with van der Waals surface area (Å²) in [5.74, 6) is 0.358. The van der Waals surface area contributed by atoms with Gasteiger partial charge in [-0.1, -0.05) is 11.6 Å². The number of nitrogens with two attached hydrogens (primary N) is 1. The van der Waals surface area contributed by atoms with Crippen LogP contribution in [-0.2, 0) is 10.1 Å². The van der Waals surface area contributed by atoms with E-state index < -0.39 is 10.1 Å². The van der Waals surface area contributed by atoms with Gasteiger partial charge in [0, 0.05) is 6.07 Å². The molecule has 0 aliphatic carbocycles. The maximum absolute atomic E-state index is 11.1. The fourth-order valence-corrected chi connectivity index (χ4v) is 2.54. The molecule has 3 N–H and O–H groups in total. The van der Waals surface area contributed by atoms with Gasteiger partial charge in [-0.05, 0) is 25.1 Å². The number of rotatable bonds is 2. The number of hydrogen-bond acceptors (Lipinski definition) is 4. The molecule has 0 unspecified atom stereocenters. The number of halogens is 1. The molecule has 0 atom stereocenters. The number of benzene rings is 1. The third-order valence-corrected chi connectivity index (χ3v) is 3.63. The van der Waals surface area contributed by atoms with Gasteiger partial charge in [-0.3, -0.25) is 4.55 Å². The van der Waals surface area contributed by atoms with E-state index in [0.717, 1.165) is 0 Å². The molecule has 1 aromatic carbocycles. The molecule has 96 valence electrons. The van der Waals surface area contributed by atoms with Crippen molar-refractivity contribution in [2.75, 3.05) is 5.73 Å². The molecule has 2 rings (SSSR count). The zero-order valence-corrected chi connectivity index (χ0v) is 10.9. The number of nitrogen functional groups attached to an aromatic ring is 1. The van der Waals surface area contributed by atoms with Crippen molar-refractivity contribution in [2.45, 2.75) is 11.8 Å². The highest BCUT2D eigenvalue weighted by molar-refractivity contribution is 7.86. The molecular formula is C10H10ClN3O3S. The number of aromatic nitrogens is 2. The van der Waals surface area contributed by atoms with Crippen LogP contribution in [0, 0.1) is 6.92 Å². The van der Waals surface area contributed by atoms with Crippen LogP contribution in [0.2, 0.25) is 5.02 Å². The van der Waals surface area contributed by atoms with E-state index in [1.165, 1.54) is 16.8 Å². The average Bonchev–Trinajstić information content (AvgIpc) is 2.57. The number of nitrogens with zero attached hydrogens (tertiary/aromatic N) is 2. The Morgan fingerprint density at radius 2 is 2.06 bits per heavy atom. The van der Waals surface area contributed by atoms with E-state index >= 15 is 0 Å². The van der Waals surface area contributed by atoms with Crippen LogP contribution in [0.4, 0.5) is 5.82 Å². The largest absolute Gasteiger partial charge is 0.384 e. The Morgan fingerprint density at radius 3 is 2.56 bits per heavy atom. The Labute approximate surface area is 109 Å². The van der Waals surface area contributed by atoms with Gasteiger partial charge in [0.15, 0.2) is 0 Å². The quantitative estimate of drug-likeness (QED) is 0.819. The van der Waals surface area contributed by atoms with E-state index in [9.17, 15) is 8.42 Å². The SMILES string of the molecule is Cc1cc(N)n(-c2ccc(Cl)c(S(=O)(=O)O)c2)n1. The molecule has 0 bridgehead atoms. The maximum Gasteiger partial charge on any atom is 0.296 e. The monoisotopic (exact) mass is 287 g/mol. The molecule has 1 aromatic heterocycles. The summed E-state index contributed by atoms with van der Waals surface area (Å²) < 4.78 is 32.7. The van der Waals surface area contributed by atoms with Gasteiger partial charge in [0.25, 0.3) is 10.1 Å². The van der Waals surface area contributed by atoms with Crippen molar-refractivity contribution in [1.82, 2.24) is 9.78 Å². The molecule has 1 heterocycles. The summed E-state index contributed by atoms with van der Waals surface area (Å²) in [5.41, 5.74) is 6.82. The first-order valence-electron chi connectivity index (χ1n) is 4.88. The van der Waals surface area contributed by atoms with Crippen molar-refractivity contribution in [3.05, 3.63) is 35.0 Å². The van der Waals surface area contributed by atoms with Crippen LogP contribution in [0.25, 0.3) is 5.69 Å². The fraction of sp³-hybridized carbons (Fsp3) is 0.100. The predicted molar refractivity (Wildman–Crippen MR) is 67.5 cm³/mol. The van der Waals surface area contributed by atoms with Crippen molar-refractivity contribution in [3.8, 4) is 5.69 Å². The van der Waals surface area contributed by atoms with E-state index in [1.54, 1.807) is 19.1 Å². The van der Waals surface area contributed by atoms with Crippen LogP contribution in [0.3, 0.4) is 0 Å². The molecular weight excluding hydrogens is 278 g/mol. The van der Waals surface area contributed by atoms with Crippen molar-refractivity contribution in [1.29, 1.82) is 0 Å². The van der Waals surface area contributed by atoms with Gasteiger partial charge in [-0.25, -0.2) is 4.68 Å². The average molecular weight is 288 g/mol. The molecule has 0 amide bonds. The lowest BCUT2D eigenvalue weighted by Gasteiger charge is -2.07. The Balaban J connectivity index is 2.65. The highest BCUT2D eigenvalue weighted by Gasteiger charge is 2.16. The Morgan fingerprint density at radius 1 is 1.39 bits per heavy atom. The molecule has 0 radical (unpaired) electrons. The van der Waals surface area contributed by atoms with Crippen molar-refractivity contribution >= 4 is 27.5 Å². The first-order valence-corrected chi connectivity index (χ1v) is 6.70. The smallest absolute Gasteiger partial charge is 0.296 e. The van der Waals surface area contributed by atoms with Crippen LogP contribution in [0.15, 0.2) is 29.2 Å². The van der Waals surface area contributed by atoms with Crippen LogP contribution >= 0.6 is 11.6 Å². The van der Waals surface area contributed by atoms with E-state index in [1.807, 2.05) is 0 Å². The van der Waals surface area contributed by atoms with Crippen molar-refractivity contribution in [2.24, 2.45) is 0 Å². The summed E-state index contributed by atoms with van der Waals surface area (Å²) in [6, 6.07) is 5.76. The molecule has 0 spiro atoms. The number of hydrogen-bond donors (Lipinski definition) is 2. The topological polar surface area (TPSA) is 98.2 Å². The van der Waals surface area contributed by atoms with Gasteiger partial charge in [-0.15, -0.1) is 0 Å². The molecule has 2 aromatic rings. The third-order valence-electron chi connectivity index (χ3n) is 2.30.